The van der Waals surface area contributed by atoms with Gasteiger partial charge in [0.25, 0.3) is 0 Å². The molecule has 0 aliphatic carbocycles. The summed E-state index contributed by atoms with van der Waals surface area (Å²) in [4.78, 5) is 12.0. The fourth-order valence-corrected chi connectivity index (χ4v) is 1.44. The number of carbonyl (C=O) groups is 1. The van der Waals surface area contributed by atoms with Gasteiger partial charge in [-0.15, -0.1) is 0 Å². The Kier molecular flexibility index (Phi) is 5.67. The summed E-state index contributed by atoms with van der Waals surface area (Å²) in [7, 11) is 1.65. The highest BCUT2D eigenvalue weighted by Gasteiger charge is 2.10. The highest BCUT2D eigenvalue weighted by molar-refractivity contribution is 7.82. The molecule has 1 aromatic carbocycles. The molecule has 1 rings (SSSR count). The molecule has 0 aromatic heterocycles. The molecule has 0 saturated heterocycles. The molecule has 0 saturated carbocycles. The summed E-state index contributed by atoms with van der Waals surface area (Å²) in [6.45, 7) is 1.32. The summed E-state index contributed by atoms with van der Waals surface area (Å²) in [6.07, 6.45) is 0.832. The molecule has 4 heteroatoms. The Morgan fingerprint density at radius 2 is 2.06 bits per heavy atom. The summed E-state index contributed by atoms with van der Waals surface area (Å²) in [5, 5.41) is 2.92. The van der Waals surface area contributed by atoms with Crippen LogP contribution in [0.15, 0.2) is 30.3 Å². The number of carbonyl (C=O) groups excluding carboxylic acids is 1. The van der Waals surface area contributed by atoms with Crippen LogP contribution in [0.4, 0.5) is 0 Å². The molecule has 0 unspecified atom stereocenters. The van der Waals surface area contributed by atoms with E-state index < -0.39 is 0 Å². The van der Waals surface area contributed by atoms with E-state index >= 15 is 0 Å². The van der Waals surface area contributed by atoms with E-state index in [2.05, 4.69) is 5.32 Å². The first kappa shape index (κ1) is 12.8. The van der Waals surface area contributed by atoms with Crippen molar-refractivity contribution in [2.75, 3.05) is 20.3 Å². The molecule has 86 valence electrons. The van der Waals surface area contributed by atoms with Crippen molar-refractivity contribution in [1.29, 1.82) is 0 Å². The average Bonchev–Trinajstić information content (AvgIpc) is 2.34. The van der Waals surface area contributed by atoms with Gasteiger partial charge in [0.1, 0.15) is 4.99 Å². The van der Waals surface area contributed by atoms with Crippen molar-refractivity contribution >= 4 is 23.0 Å². The van der Waals surface area contributed by atoms with Crippen LogP contribution in [-0.4, -0.2) is 31.0 Å². The lowest BCUT2D eigenvalue weighted by atomic mass is 10.1. The standard InChI is InChI=1S/C12H15NO2S/c1-15-9-5-8-13-12(16)11(14)10-6-3-2-4-7-10/h2-4,6-7H,5,8-9H2,1H3,(H,13,16). The molecule has 1 aromatic rings. The second-order valence-electron chi connectivity index (χ2n) is 3.30. The molecule has 0 atom stereocenters. The second-order valence-corrected chi connectivity index (χ2v) is 3.71. The van der Waals surface area contributed by atoms with Gasteiger partial charge in [0.2, 0.25) is 5.78 Å². The van der Waals surface area contributed by atoms with Crippen LogP contribution in [0.3, 0.4) is 0 Å². The minimum atomic E-state index is -0.131. The molecule has 0 bridgehead atoms. The number of ether oxygens (including phenoxy) is 1. The first-order valence-electron chi connectivity index (χ1n) is 5.12. The first-order chi connectivity index (χ1) is 7.75. The van der Waals surface area contributed by atoms with Gasteiger partial charge < -0.3 is 10.1 Å². The molecule has 0 amide bonds. The van der Waals surface area contributed by atoms with E-state index in [0.29, 0.717) is 18.7 Å². The Labute approximate surface area is 101 Å². The van der Waals surface area contributed by atoms with E-state index in [4.69, 9.17) is 17.0 Å². The van der Waals surface area contributed by atoms with Crippen molar-refractivity contribution < 1.29 is 9.53 Å². The Morgan fingerprint density at radius 3 is 2.69 bits per heavy atom. The monoisotopic (exact) mass is 237 g/mol. The van der Waals surface area contributed by atoms with Crippen LogP contribution in [0.5, 0.6) is 0 Å². The third kappa shape index (κ3) is 4.08. The Morgan fingerprint density at radius 1 is 1.38 bits per heavy atom. The average molecular weight is 237 g/mol. The van der Waals surface area contributed by atoms with Gasteiger partial charge in [-0.2, -0.15) is 0 Å². The Bertz CT molecular complexity index is 351. The number of hydrogen-bond acceptors (Lipinski definition) is 3. The molecule has 3 nitrogen and oxygen atoms in total. The second kappa shape index (κ2) is 7.09. The van der Waals surface area contributed by atoms with Gasteiger partial charge in [-0.1, -0.05) is 42.5 Å². The lowest BCUT2D eigenvalue weighted by Crippen LogP contribution is -2.30. The van der Waals surface area contributed by atoms with E-state index in [9.17, 15) is 4.79 Å². The van der Waals surface area contributed by atoms with Gasteiger partial charge in [-0.25, -0.2) is 0 Å². The topological polar surface area (TPSA) is 38.3 Å². The van der Waals surface area contributed by atoms with Gasteiger partial charge >= 0.3 is 0 Å². The summed E-state index contributed by atoms with van der Waals surface area (Å²) < 4.78 is 4.90. The quantitative estimate of drug-likeness (QED) is 0.465. The number of methoxy groups -OCH3 is 1. The fraction of sp³-hybridized carbons (Fsp3) is 0.333. The van der Waals surface area contributed by atoms with E-state index in [1.165, 1.54) is 0 Å². The van der Waals surface area contributed by atoms with Crippen molar-refractivity contribution in [2.45, 2.75) is 6.42 Å². The number of Topliss-reactive ketones (excluding diaryl/α,β-unsaturated/α-hetero) is 1. The first-order valence-corrected chi connectivity index (χ1v) is 5.53. The summed E-state index contributed by atoms with van der Waals surface area (Å²) in [5.74, 6) is -0.131. The zero-order valence-electron chi connectivity index (χ0n) is 9.23. The highest BCUT2D eigenvalue weighted by atomic mass is 32.1. The zero-order chi connectivity index (χ0) is 11.8. The molecular weight excluding hydrogens is 222 g/mol. The molecule has 0 aliphatic rings. The normalized spacial score (nSPS) is 9.81. The minimum Gasteiger partial charge on any atom is -0.385 e. The van der Waals surface area contributed by atoms with E-state index in [0.717, 1.165) is 6.42 Å². The van der Waals surface area contributed by atoms with Crippen molar-refractivity contribution in [2.24, 2.45) is 0 Å². The number of rotatable bonds is 6. The molecule has 0 fully saturated rings. The number of ketones is 1. The van der Waals surface area contributed by atoms with Crippen LogP contribution in [0.2, 0.25) is 0 Å². The van der Waals surface area contributed by atoms with Gasteiger partial charge in [-0.3, -0.25) is 4.79 Å². The molecule has 1 N–H and O–H groups in total. The van der Waals surface area contributed by atoms with Crippen LogP contribution in [0.25, 0.3) is 0 Å². The third-order valence-electron chi connectivity index (χ3n) is 2.05. The maximum atomic E-state index is 11.8. The molecule has 0 spiro atoms. The Balaban J connectivity index is 2.40. The molecule has 0 heterocycles. The number of benzene rings is 1. The predicted molar refractivity (Wildman–Crippen MR) is 67.9 cm³/mol. The summed E-state index contributed by atoms with van der Waals surface area (Å²) in [5.41, 5.74) is 0.617. The Hall–Kier alpha value is -1.26. The molecule has 16 heavy (non-hydrogen) atoms. The fourth-order valence-electron chi connectivity index (χ4n) is 1.22. The number of hydrogen-bond donors (Lipinski definition) is 1. The zero-order valence-corrected chi connectivity index (χ0v) is 10.0. The van der Waals surface area contributed by atoms with Crippen LogP contribution >= 0.6 is 12.2 Å². The smallest absolute Gasteiger partial charge is 0.219 e. The van der Waals surface area contributed by atoms with Crippen molar-refractivity contribution in [3.8, 4) is 0 Å². The van der Waals surface area contributed by atoms with Gasteiger partial charge in [0.05, 0.1) is 0 Å². The lowest BCUT2D eigenvalue weighted by Gasteiger charge is -2.06. The van der Waals surface area contributed by atoms with Crippen LogP contribution in [0.1, 0.15) is 16.8 Å². The predicted octanol–water partition coefficient (Wildman–Crippen LogP) is 1.82. The number of thiocarbonyl (C=S) groups is 1. The summed E-state index contributed by atoms with van der Waals surface area (Å²) >= 11 is 5.01. The molecule has 0 radical (unpaired) electrons. The van der Waals surface area contributed by atoms with Crippen molar-refractivity contribution in [1.82, 2.24) is 5.32 Å². The largest absolute Gasteiger partial charge is 0.385 e. The van der Waals surface area contributed by atoms with E-state index in [1.807, 2.05) is 18.2 Å². The van der Waals surface area contributed by atoms with Gasteiger partial charge in [-0.05, 0) is 6.42 Å². The maximum Gasteiger partial charge on any atom is 0.219 e. The maximum absolute atomic E-state index is 11.8. The summed E-state index contributed by atoms with van der Waals surface area (Å²) in [6, 6.07) is 9.02. The van der Waals surface area contributed by atoms with Crippen LogP contribution in [0, 0.1) is 0 Å². The molecular formula is C12H15NO2S. The lowest BCUT2D eigenvalue weighted by molar-refractivity contribution is 0.106. The van der Waals surface area contributed by atoms with Crippen LogP contribution < -0.4 is 5.32 Å². The minimum absolute atomic E-state index is 0.131. The van der Waals surface area contributed by atoms with E-state index in [-0.39, 0.29) is 10.8 Å². The van der Waals surface area contributed by atoms with Crippen LogP contribution in [-0.2, 0) is 4.74 Å². The van der Waals surface area contributed by atoms with Gasteiger partial charge in [0.15, 0.2) is 0 Å². The van der Waals surface area contributed by atoms with Crippen molar-refractivity contribution in [3.05, 3.63) is 35.9 Å². The molecule has 0 aliphatic heterocycles. The van der Waals surface area contributed by atoms with Gasteiger partial charge in [0, 0.05) is 25.8 Å². The SMILES string of the molecule is COCCCNC(=S)C(=O)c1ccccc1. The number of nitrogens with one attached hydrogen (secondary N) is 1. The van der Waals surface area contributed by atoms with Crippen molar-refractivity contribution in [3.63, 3.8) is 0 Å². The van der Waals surface area contributed by atoms with E-state index in [1.54, 1.807) is 19.2 Å². The third-order valence-corrected chi connectivity index (χ3v) is 2.38. The highest BCUT2D eigenvalue weighted by Crippen LogP contribution is 2.00.